The highest BCUT2D eigenvalue weighted by Gasteiger charge is 2.46. The molecule has 2 N–H and O–H groups in total. The lowest BCUT2D eigenvalue weighted by atomic mass is 9.80. The van der Waals surface area contributed by atoms with Gasteiger partial charge in [0.2, 0.25) is 0 Å². The first kappa shape index (κ1) is 15.0. The first-order valence-electron chi connectivity index (χ1n) is 7.86. The van der Waals surface area contributed by atoms with Gasteiger partial charge in [-0.25, -0.2) is 13.4 Å². The lowest BCUT2D eigenvalue weighted by Crippen LogP contribution is -2.63. The number of rotatable bonds is 3. The summed E-state index contributed by atoms with van der Waals surface area (Å²) in [5.74, 6) is 0.724. The van der Waals surface area contributed by atoms with Crippen LogP contribution in [0.15, 0.2) is 11.2 Å². The number of aryl methyl sites for hydroxylation is 1. The molecule has 0 radical (unpaired) electrons. The molecule has 21 heavy (non-hydrogen) atoms. The minimum Gasteiger partial charge on any atom is -0.332 e. The fourth-order valence-corrected chi connectivity index (χ4v) is 5.37. The number of sulfonamides is 1. The quantitative estimate of drug-likeness (QED) is 0.881. The molecule has 1 aromatic rings. The second-order valence-electron chi connectivity index (χ2n) is 6.09. The standard InChI is InChI=1S/C14H24N4O2S/c1-2-12-16-10-13(17-12)21(19,20)18-9-8-15-11-14(18)6-4-3-5-7-14/h10,15H,2-9,11H2,1H3,(H,16,17). The summed E-state index contributed by atoms with van der Waals surface area (Å²) in [5, 5.41) is 3.63. The number of piperazine rings is 1. The van der Waals surface area contributed by atoms with Crippen molar-refractivity contribution in [3.05, 3.63) is 12.0 Å². The summed E-state index contributed by atoms with van der Waals surface area (Å²) in [6, 6.07) is 0. The SMILES string of the molecule is CCc1ncc(S(=O)(=O)N2CCNCC23CCCCC3)[nH]1. The first-order chi connectivity index (χ1) is 10.1. The molecule has 0 bridgehead atoms. The van der Waals surface area contributed by atoms with E-state index in [2.05, 4.69) is 15.3 Å². The fraction of sp³-hybridized carbons (Fsp3) is 0.786. The van der Waals surface area contributed by atoms with Crippen LogP contribution in [-0.2, 0) is 16.4 Å². The third kappa shape index (κ3) is 2.62. The zero-order valence-corrected chi connectivity index (χ0v) is 13.4. The monoisotopic (exact) mass is 312 g/mol. The third-order valence-corrected chi connectivity index (χ3v) is 6.68. The first-order valence-corrected chi connectivity index (χ1v) is 9.30. The summed E-state index contributed by atoms with van der Waals surface area (Å²) in [4.78, 5) is 7.11. The van der Waals surface area contributed by atoms with Gasteiger partial charge in [-0.15, -0.1) is 0 Å². The van der Waals surface area contributed by atoms with Crippen LogP contribution >= 0.6 is 0 Å². The van der Waals surface area contributed by atoms with Crippen molar-refractivity contribution in [1.82, 2.24) is 19.6 Å². The number of nitrogens with one attached hydrogen (secondary N) is 2. The van der Waals surface area contributed by atoms with Crippen molar-refractivity contribution < 1.29 is 8.42 Å². The zero-order valence-electron chi connectivity index (χ0n) is 12.6. The van der Waals surface area contributed by atoms with Crippen LogP contribution in [0.25, 0.3) is 0 Å². The average molecular weight is 312 g/mol. The van der Waals surface area contributed by atoms with Gasteiger partial charge in [-0.2, -0.15) is 4.31 Å². The van der Waals surface area contributed by atoms with Crippen molar-refractivity contribution >= 4 is 10.0 Å². The highest BCUT2D eigenvalue weighted by Crippen LogP contribution is 2.37. The van der Waals surface area contributed by atoms with Gasteiger partial charge in [-0.1, -0.05) is 26.2 Å². The summed E-state index contributed by atoms with van der Waals surface area (Å²) >= 11 is 0. The molecular weight excluding hydrogens is 288 g/mol. The number of hydrogen-bond donors (Lipinski definition) is 2. The van der Waals surface area contributed by atoms with Crippen LogP contribution in [0.4, 0.5) is 0 Å². The van der Waals surface area contributed by atoms with Gasteiger partial charge < -0.3 is 10.3 Å². The molecule has 1 aliphatic carbocycles. The van der Waals surface area contributed by atoms with Crippen molar-refractivity contribution in [3.63, 3.8) is 0 Å². The Morgan fingerprint density at radius 3 is 2.76 bits per heavy atom. The van der Waals surface area contributed by atoms with E-state index in [1.54, 1.807) is 4.31 Å². The Kier molecular flexibility index (Phi) is 4.07. The highest BCUT2D eigenvalue weighted by atomic mass is 32.2. The summed E-state index contributed by atoms with van der Waals surface area (Å²) in [6.45, 7) is 3.99. The summed E-state index contributed by atoms with van der Waals surface area (Å²) < 4.78 is 27.8. The predicted octanol–water partition coefficient (Wildman–Crippen LogP) is 1.27. The van der Waals surface area contributed by atoms with Crippen LogP contribution in [0.3, 0.4) is 0 Å². The van der Waals surface area contributed by atoms with E-state index in [4.69, 9.17) is 0 Å². The van der Waals surface area contributed by atoms with Gasteiger partial charge in [0.25, 0.3) is 10.0 Å². The van der Waals surface area contributed by atoms with Crippen molar-refractivity contribution in [1.29, 1.82) is 0 Å². The molecule has 118 valence electrons. The van der Waals surface area contributed by atoms with Gasteiger partial charge in [0.15, 0.2) is 5.03 Å². The van der Waals surface area contributed by atoms with Gasteiger partial charge in [0, 0.05) is 31.6 Å². The van der Waals surface area contributed by atoms with Gasteiger partial charge in [0.1, 0.15) is 5.82 Å². The normalized spacial score (nSPS) is 23.5. The van der Waals surface area contributed by atoms with E-state index in [-0.39, 0.29) is 10.6 Å². The van der Waals surface area contributed by atoms with Crippen LogP contribution in [0, 0.1) is 0 Å². The molecule has 1 aliphatic heterocycles. The molecule has 0 unspecified atom stereocenters. The molecule has 2 fully saturated rings. The second-order valence-corrected chi connectivity index (χ2v) is 7.92. The molecular formula is C14H24N4O2S. The number of aromatic amines is 1. The molecule has 0 amide bonds. The molecule has 1 saturated carbocycles. The molecule has 3 rings (SSSR count). The minimum atomic E-state index is -3.48. The molecule has 2 heterocycles. The lowest BCUT2D eigenvalue weighted by molar-refractivity contribution is 0.101. The molecule has 1 saturated heterocycles. The Bertz CT molecular complexity index is 582. The Balaban J connectivity index is 1.95. The molecule has 6 nitrogen and oxygen atoms in total. The maximum atomic E-state index is 13.0. The molecule has 0 atom stereocenters. The summed E-state index contributed by atoms with van der Waals surface area (Å²) in [6.07, 6.45) is 7.50. The zero-order chi connectivity index (χ0) is 14.9. The fourth-order valence-electron chi connectivity index (χ4n) is 3.61. The number of nitrogens with zero attached hydrogens (tertiary/aromatic N) is 2. The van der Waals surface area contributed by atoms with E-state index in [0.29, 0.717) is 13.0 Å². The van der Waals surface area contributed by atoms with Crippen LogP contribution in [0.1, 0.15) is 44.9 Å². The number of imidazole rings is 1. The highest BCUT2D eigenvalue weighted by molar-refractivity contribution is 7.89. The van der Waals surface area contributed by atoms with Crippen molar-refractivity contribution in [2.75, 3.05) is 19.6 Å². The van der Waals surface area contributed by atoms with E-state index >= 15 is 0 Å². The molecule has 1 spiro atoms. The van der Waals surface area contributed by atoms with Crippen LogP contribution < -0.4 is 5.32 Å². The average Bonchev–Trinajstić information content (AvgIpc) is 2.98. The van der Waals surface area contributed by atoms with E-state index in [1.807, 2.05) is 6.92 Å². The van der Waals surface area contributed by atoms with Crippen LogP contribution in [0.2, 0.25) is 0 Å². The molecule has 1 aromatic heterocycles. The van der Waals surface area contributed by atoms with Crippen LogP contribution in [0.5, 0.6) is 0 Å². The van der Waals surface area contributed by atoms with Crippen molar-refractivity contribution in [3.8, 4) is 0 Å². The molecule has 0 aromatic carbocycles. The summed E-state index contributed by atoms with van der Waals surface area (Å²) in [5.41, 5.74) is -0.243. The van der Waals surface area contributed by atoms with Gasteiger partial charge in [-0.3, -0.25) is 0 Å². The predicted molar refractivity (Wildman–Crippen MR) is 80.5 cm³/mol. The largest absolute Gasteiger partial charge is 0.332 e. The van der Waals surface area contributed by atoms with E-state index in [9.17, 15) is 8.42 Å². The van der Waals surface area contributed by atoms with Gasteiger partial charge >= 0.3 is 0 Å². The Hall–Kier alpha value is -0.920. The maximum absolute atomic E-state index is 13.0. The smallest absolute Gasteiger partial charge is 0.260 e. The number of hydrogen-bond acceptors (Lipinski definition) is 4. The molecule has 7 heteroatoms. The topological polar surface area (TPSA) is 78.1 Å². The van der Waals surface area contributed by atoms with Crippen LogP contribution in [-0.4, -0.2) is 47.9 Å². The lowest BCUT2D eigenvalue weighted by Gasteiger charge is -2.48. The van der Waals surface area contributed by atoms with E-state index in [0.717, 1.165) is 44.6 Å². The maximum Gasteiger partial charge on any atom is 0.260 e. The molecule has 2 aliphatic rings. The Morgan fingerprint density at radius 2 is 2.10 bits per heavy atom. The van der Waals surface area contributed by atoms with Crippen molar-refractivity contribution in [2.45, 2.75) is 56.0 Å². The Morgan fingerprint density at radius 1 is 1.33 bits per heavy atom. The van der Waals surface area contributed by atoms with Gasteiger partial charge in [-0.05, 0) is 12.8 Å². The minimum absolute atomic E-state index is 0.242. The third-order valence-electron chi connectivity index (χ3n) is 4.77. The van der Waals surface area contributed by atoms with Crippen molar-refractivity contribution in [2.24, 2.45) is 0 Å². The second kappa shape index (κ2) is 5.70. The Labute approximate surface area is 126 Å². The number of H-pyrrole nitrogens is 1. The van der Waals surface area contributed by atoms with E-state index < -0.39 is 10.0 Å². The summed E-state index contributed by atoms with van der Waals surface area (Å²) in [7, 11) is -3.48. The number of aromatic nitrogens is 2. The van der Waals surface area contributed by atoms with Gasteiger partial charge in [0.05, 0.1) is 6.20 Å². The van der Waals surface area contributed by atoms with E-state index in [1.165, 1.54) is 12.6 Å².